The number of ether oxygens (including phenoxy) is 1. The summed E-state index contributed by atoms with van der Waals surface area (Å²) < 4.78 is 46.0. The number of cyclic esters (lactones) is 1. The van der Waals surface area contributed by atoms with Gasteiger partial charge in [-0.25, -0.2) is 9.69 Å². The van der Waals surface area contributed by atoms with Gasteiger partial charge in [-0.1, -0.05) is 60.7 Å². The van der Waals surface area contributed by atoms with Crippen LogP contribution in [-0.2, 0) is 16.0 Å². The highest BCUT2D eigenvalue weighted by atomic mass is 19.4. The van der Waals surface area contributed by atoms with E-state index in [4.69, 9.17) is 10.5 Å². The van der Waals surface area contributed by atoms with Crippen molar-refractivity contribution in [3.8, 4) is 0 Å². The first-order valence-electron chi connectivity index (χ1n) is 8.70. The highest BCUT2D eigenvalue weighted by Gasteiger charge is 2.50. The van der Waals surface area contributed by atoms with Crippen molar-refractivity contribution in [1.82, 2.24) is 4.90 Å². The Morgan fingerprint density at radius 3 is 2.25 bits per heavy atom. The number of benzene rings is 2. The van der Waals surface area contributed by atoms with Gasteiger partial charge in [-0.05, 0) is 17.5 Å². The number of carbonyl (C=O) groups is 2. The molecule has 3 rings (SSSR count). The zero-order valence-corrected chi connectivity index (χ0v) is 14.8. The fraction of sp³-hybridized carbons (Fsp3) is 0.300. The molecule has 0 aliphatic carbocycles. The molecular formula is C20H19F3N2O3. The van der Waals surface area contributed by atoms with Crippen molar-refractivity contribution in [3.63, 3.8) is 0 Å². The predicted octanol–water partition coefficient (Wildman–Crippen LogP) is 3.25. The minimum absolute atomic E-state index is 0.0891. The summed E-state index contributed by atoms with van der Waals surface area (Å²) in [6.07, 6.45) is -5.46. The van der Waals surface area contributed by atoms with E-state index in [0.717, 1.165) is 10.5 Å². The first-order valence-corrected chi connectivity index (χ1v) is 8.70. The molecule has 1 aliphatic rings. The molecule has 2 amide bonds. The molecule has 2 aromatic carbocycles. The summed E-state index contributed by atoms with van der Waals surface area (Å²) in [4.78, 5) is 25.6. The molecule has 28 heavy (non-hydrogen) atoms. The number of nitrogens with two attached hydrogens (primary N) is 1. The van der Waals surface area contributed by atoms with Crippen LogP contribution < -0.4 is 5.73 Å². The van der Waals surface area contributed by atoms with Gasteiger partial charge in [0.05, 0.1) is 6.04 Å². The Morgan fingerprint density at radius 1 is 1.11 bits per heavy atom. The molecule has 2 aromatic rings. The van der Waals surface area contributed by atoms with Crippen molar-refractivity contribution in [2.45, 2.75) is 30.6 Å². The normalized spacial score (nSPS) is 19.2. The van der Waals surface area contributed by atoms with Gasteiger partial charge in [-0.15, -0.1) is 0 Å². The van der Waals surface area contributed by atoms with Crippen LogP contribution in [0.15, 0.2) is 60.7 Å². The lowest BCUT2D eigenvalue weighted by molar-refractivity contribution is -0.163. The quantitative estimate of drug-likeness (QED) is 0.848. The van der Waals surface area contributed by atoms with Crippen LogP contribution in [0.3, 0.4) is 0 Å². The molecule has 5 nitrogen and oxygen atoms in total. The number of carbonyl (C=O) groups excluding carboxylic acids is 2. The van der Waals surface area contributed by atoms with Crippen LogP contribution >= 0.6 is 0 Å². The Labute approximate surface area is 159 Å². The summed E-state index contributed by atoms with van der Waals surface area (Å²) in [5, 5.41) is 0. The van der Waals surface area contributed by atoms with Gasteiger partial charge in [-0.2, -0.15) is 13.2 Å². The van der Waals surface area contributed by atoms with Crippen molar-refractivity contribution in [3.05, 3.63) is 71.8 Å². The second-order valence-electron chi connectivity index (χ2n) is 6.58. The molecule has 0 radical (unpaired) electrons. The fourth-order valence-corrected chi connectivity index (χ4v) is 3.33. The average molecular weight is 392 g/mol. The van der Waals surface area contributed by atoms with Crippen LogP contribution in [0.1, 0.15) is 17.0 Å². The van der Waals surface area contributed by atoms with Gasteiger partial charge >= 0.3 is 12.3 Å². The molecule has 0 bridgehead atoms. The van der Waals surface area contributed by atoms with Crippen LogP contribution in [0.5, 0.6) is 0 Å². The molecule has 3 atom stereocenters. The third-order valence-corrected chi connectivity index (χ3v) is 4.67. The number of rotatable bonds is 5. The zero-order valence-electron chi connectivity index (χ0n) is 14.8. The summed E-state index contributed by atoms with van der Waals surface area (Å²) in [5.41, 5.74) is 6.45. The van der Waals surface area contributed by atoms with E-state index in [1.54, 1.807) is 30.3 Å². The molecule has 0 spiro atoms. The molecule has 0 aromatic heterocycles. The van der Waals surface area contributed by atoms with Crippen LogP contribution in [0.4, 0.5) is 18.0 Å². The van der Waals surface area contributed by atoms with E-state index in [-0.39, 0.29) is 18.6 Å². The van der Waals surface area contributed by atoms with E-state index >= 15 is 0 Å². The molecule has 0 saturated carbocycles. The number of amides is 2. The van der Waals surface area contributed by atoms with Crippen LogP contribution in [0, 0.1) is 0 Å². The van der Waals surface area contributed by atoms with E-state index in [0.29, 0.717) is 0 Å². The van der Waals surface area contributed by atoms with E-state index in [2.05, 4.69) is 0 Å². The Morgan fingerprint density at radius 2 is 1.68 bits per heavy atom. The summed E-state index contributed by atoms with van der Waals surface area (Å²) in [5.74, 6) is -3.33. The summed E-state index contributed by atoms with van der Waals surface area (Å²) in [7, 11) is 0. The Hall–Kier alpha value is -2.87. The van der Waals surface area contributed by atoms with Crippen molar-refractivity contribution in [1.29, 1.82) is 0 Å². The van der Waals surface area contributed by atoms with Crippen molar-refractivity contribution >= 4 is 12.0 Å². The van der Waals surface area contributed by atoms with Gasteiger partial charge in [0.25, 0.3) is 0 Å². The Bertz CT molecular complexity index is 828. The number of halogens is 3. The van der Waals surface area contributed by atoms with E-state index in [1.807, 2.05) is 6.07 Å². The van der Waals surface area contributed by atoms with Crippen LogP contribution in [-0.4, -0.2) is 41.8 Å². The van der Waals surface area contributed by atoms with Crippen LogP contribution in [0.2, 0.25) is 0 Å². The summed E-state index contributed by atoms with van der Waals surface area (Å²) in [6, 6.07) is 13.3. The molecule has 1 heterocycles. The smallest absolute Gasteiger partial charge is 0.417 e. The first kappa shape index (κ1) is 19.9. The summed E-state index contributed by atoms with van der Waals surface area (Å²) in [6.45, 7) is -0.0891. The molecule has 1 aliphatic heterocycles. The van der Waals surface area contributed by atoms with Crippen molar-refractivity contribution in [2.24, 2.45) is 5.73 Å². The lowest BCUT2D eigenvalue weighted by Crippen LogP contribution is -2.53. The van der Waals surface area contributed by atoms with Gasteiger partial charge < -0.3 is 10.5 Å². The molecule has 1 saturated heterocycles. The third-order valence-electron chi connectivity index (χ3n) is 4.67. The monoisotopic (exact) mass is 392 g/mol. The Balaban J connectivity index is 1.86. The second-order valence-corrected chi connectivity index (χ2v) is 6.58. The third kappa shape index (κ3) is 4.17. The van der Waals surface area contributed by atoms with Crippen molar-refractivity contribution < 1.29 is 27.5 Å². The fourth-order valence-electron chi connectivity index (χ4n) is 3.33. The summed E-state index contributed by atoms with van der Waals surface area (Å²) >= 11 is 0. The average Bonchev–Trinajstić information content (AvgIpc) is 3.02. The molecule has 8 heteroatoms. The molecular weight excluding hydrogens is 373 g/mol. The molecule has 1 fully saturated rings. The number of alkyl halides is 3. The van der Waals surface area contributed by atoms with Crippen LogP contribution in [0.25, 0.3) is 0 Å². The van der Waals surface area contributed by atoms with Gasteiger partial charge in [0.2, 0.25) is 5.91 Å². The molecule has 0 unspecified atom stereocenters. The zero-order chi connectivity index (χ0) is 20.3. The largest absolute Gasteiger partial charge is 0.447 e. The SMILES string of the molecule is N[C@H](C(=O)N1C(=O)OC[C@@H]1Cc1ccccc1)[C@@H](c1ccccc1)C(F)(F)F. The molecule has 148 valence electrons. The lowest BCUT2D eigenvalue weighted by Gasteiger charge is -2.29. The number of imide groups is 1. The number of hydrogen-bond acceptors (Lipinski definition) is 4. The predicted molar refractivity (Wildman–Crippen MR) is 95.3 cm³/mol. The number of hydrogen-bond donors (Lipinski definition) is 1. The highest BCUT2D eigenvalue weighted by Crippen LogP contribution is 2.37. The van der Waals surface area contributed by atoms with Crippen molar-refractivity contribution in [2.75, 3.05) is 6.61 Å². The maximum atomic E-state index is 13.7. The Kier molecular flexibility index (Phi) is 5.69. The minimum Gasteiger partial charge on any atom is -0.447 e. The van der Waals surface area contributed by atoms with E-state index < -0.39 is 36.2 Å². The maximum absolute atomic E-state index is 13.7. The molecule has 2 N–H and O–H groups in total. The van der Waals surface area contributed by atoms with E-state index in [1.165, 1.54) is 24.3 Å². The number of nitrogens with zero attached hydrogens (tertiary/aromatic N) is 1. The maximum Gasteiger partial charge on any atom is 0.417 e. The van der Waals surface area contributed by atoms with Gasteiger partial charge in [0.15, 0.2) is 0 Å². The standard InChI is InChI=1S/C20H19F3N2O3/c21-20(22,23)16(14-9-5-2-6-10-14)17(24)18(26)25-15(12-28-19(25)27)11-13-7-3-1-4-8-13/h1-10,15-17H,11-12,24H2/t15-,16+,17-/m0/s1. The lowest BCUT2D eigenvalue weighted by atomic mass is 9.90. The first-order chi connectivity index (χ1) is 13.3. The van der Waals surface area contributed by atoms with E-state index in [9.17, 15) is 22.8 Å². The van der Waals surface area contributed by atoms with Gasteiger partial charge in [-0.3, -0.25) is 4.79 Å². The highest BCUT2D eigenvalue weighted by molar-refractivity contribution is 5.97. The second kappa shape index (κ2) is 8.02. The van der Waals surface area contributed by atoms with Gasteiger partial charge in [0.1, 0.15) is 18.6 Å². The minimum atomic E-state index is -4.75. The topological polar surface area (TPSA) is 72.6 Å². The van der Waals surface area contributed by atoms with Gasteiger partial charge in [0, 0.05) is 0 Å².